The molecule has 2 unspecified atom stereocenters. The number of fused-ring (bicyclic) bond motifs is 1. The van der Waals surface area contributed by atoms with Crippen LogP contribution in [0.4, 0.5) is 4.39 Å². The molecule has 2 N–H and O–H groups in total. The summed E-state index contributed by atoms with van der Waals surface area (Å²) in [5.41, 5.74) is 1.90. The van der Waals surface area contributed by atoms with Crippen LogP contribution in [0.5, 0.6) is 0 Å². The number of aryl methyl sites for hydroxylation is 1. The fourth-order valence-electron chi connectivity index (χ4n) is 2.52. The molecule has 0 aromatic heterocycles. The number of rotatable bonds is 4. The van der Waals surface area contributed by atoms with E-state index in [0.717, 1.165) is 11.1 Å². The predicted molar refractivity (Wildman–Crippen MR) is 62.5 cm³/mol. The molecule has 1 amide bonds. The molecule has 0 saturated carbocycles. The first-order chi connectivity index (χ1) is 8.61. The van der Waals surface area contributed by atoms with Crippen molar-refractivity contribution in [3.05, 3.63) is 35.1 Å². The van der Waals surface area contributed by atoms with Gasteiger partial charge in [0.1, 0.15) is 11.9 Å². The highest BCUT2D eigenvalue weighted by Gasteiger charge is 2.30. The van der Waals surface area contributed by atoms with E-state index in [1.165, 1.54) is 12.1 Å². The van der Waals surface area contributed by atoms with E-state index in [4.69, 9.17) is 5.11 Å². The molecule has 0 saturated heterocycles. The second-order valence-electron chi connectivity index (χ2n) is 4.52. The Morgan fingerprint density at radius 2 is 2.28 bits per heavy atom. The Morgan fingerprint density at radius 1 is 1.50 bits per heavy atom. The molecule has 4 nitrogen and oxygen atoms in total. The summed E-state index contributed by atoms with van der Waals surface area (Å²) in [5.74, 6) is -1.56. The molecule has 0 radical (unpaired) electrons. The standard InChI is InChI=1S/C13H14FNO3/c14-11-4-3-8-1-2-9(5-10(8)6-11)12(13(17)18)15-7-16/h3-4,6-7,9,12H,1-2,5H2,(H,15,16)(H,17,18). The highest BCUT2D eigenvalue weighted by Crippen LogP contribution is 2.28. The van der Waals surface area contributed by atoms with Gasteiger partial charge in [-0.25, -0.2) is 9.18 Å². The maximum atomic E-state index is 13.1. The van der Waals surface area contributed by atoms with Gasteiger partial charge in [0.2, 0.25) is 6.41 Å². The van der Waals surface area contributed by atoms with E-state index in [9.17, 15) is 14.0 Å². The molecule has 2 atom stereocenters. The van der Waals surface area contributed by atoms with Crippen molar-refractivity contribution in [1.82, 2.24) is 5.32 Å². The van der Waals surface area contributed by atoms with Crippen LogP contribution in [0.25, 0.3) is 0 Å². The van der Waals surface area contributed by atoms with Crippen molar-refractivity contribution in [2.24, 2.45) is 5.92 Å². The van der Waals surface area contributed by atoms with Crippen molar-refractivity contribution in [2.75, 3.05) is 0 Å². The van der Waals surface area contributed by atoms with Crippen LogP contribution in [-0.2, 0) is 22.4 Å². The molecule has 5 heteroatoms. The lowest BCUT2D eigenvalue weighted by molar-refractivity contribution is -0.142. The van der Waals surface area contributed by atoms with Crippen LogP contribution in [0.3, 0.4) is 0 Å². The molecule has 1 aliphatic rings. The summed E-state index contributed by atoms with van der Waals surface area (Å²) in [6.45, 7) is 0. The summed E-state index contributed by atoms with van der Waals surface area (Å²) in [6.07, 6.45) is 2.27. The molecule has 1 aliphatic carbocycles. The van der Waals surface area contributed by atoms with E-state index >= 15 is 0 Å². The highest BCUT2D eigenvalue weighted by molar-refractivity contribution is 5.76. The number of carbonyl (C=O) groups excluding carboxylic acids is 1. The molecule has 0 spiro atoms. The largest absolute Gasteiger partial charge is 0.480 e. The molecule has 1 aromatic carbocycles. The number of carboxylic acids is 1. The molecule has 0 bridgehead atoms. The van der Waals surface area contributed by atoms with Gasteiger partial charge in [-0.3, -0.25) is 4.79 Å². The van der Waals surface area contributed by atoms with Gasteiger partial charge in [0.25, 0.3) is 0 Å². The Hall–Kier alpha value is -1.91. The Labute approximate surface area is 104 Å². The number of amides is 1. The number of hydrogen-bond acceptors (Lipinski definition) is 2. The molecular weight excluding hydrogens is 237 g/mol. The molecule has 2 rings (SSSR count). The van der Waals surface area contributed by atoms with Crippen molar-refractivity contribution in [1.29, 1.82) is 0 Å². The van der Waals surface area contributed by atoms with Crippen molar-refractivity contribution in [3.8, 4) is 0 Å². The van der Waals surface area contributed by atoms with E-state index in [2.05, 4.69) is 5.32 Å². The van der Waals surface area contributed by atoms with Crippen molar-refractivity contribution in [3.63, 3.8) is 0 Å². The summed E-state index contributed by atoms with van der Waals surface area (Å²) in [7, 11) is 0. The first-order valence-electron chi connectivity index (χ1n) is 5.81. The van der Waals surface area contributed by atoms with E-state index in [-0.39, 0.29) is 11.7 Å². The fourth-order valence-corrected chi connectivity index (χ4v) is 2.52. The van der Waals surface area contributed by atoms with Crippen molar-refractivity contribution < 1.29 is 19.1 Å². The Bertz CT molecular complexity index is 475. The number of carbonyl (C=O) groups is 2. The molecule has 0 heterocycles. The zero-order valence-electron chi connectivity index (χ0n) is 9.73. The average molecular weight is 251 g/mol. The van der Waals surface area contributed by atoms with E-state index in [1.807, 2.05) is 0 Å². The quantitative estimate of drug-likeness (QED) is 0.788. The summed E-state index contributed by atoms with van der Waals surface area (Å²) in [5, 5.41) is 11.4. The minimum absolute atomic E-state index is 0.193. The number of halogens is 1. The smallest absolute Gasteiger partial charge is 0.326 e. The lowest BCUT2D eigenvalue weighted by Gasteiger charge is -2.28. The van der Waals surface area contributed by atoms with Gasteiger partial charge in [-0.15, -0.1) is 0 Å². The Morgan fingerprint density at radius 3 is 2.94 bits per heavy atom. The second-order valence-corrected chi connectivity index (χ2v) is 4.52. The first-order valence-corrected chi connectivity index (χ1v) is 5.81. The normalized spacial score (nSPS) is 19.7. The van der Waals surface area contributed by atoms with E-state index in [1.54, 1.807) is 6.07 Å². The lowest BCUT2D eigenvalue weighted by Crippen LogP contribution is -2.44. The van der Waals surface area contributed by atoms with Crippen LogP contribution in [-0.4, -0.2) is 23.5 Å². The molecule has 18 heavy (non-hydrogen) atoms. The van der Waals surface area contributed by atoms with Crippen molar-refractivity contribution >= 4 is 12.4 Å². The van der Waals surface area contributed by atoms with Crippen LogP contribution >= 0.6 is 0 Å². The van der Waals surface area contributed by atoms with Crippen molar-refractivity contribution in [2.45, 2.75) is 25.3 Å². The summed E-state index contributed by atoms with van der Waals surface area (Å²) in [6, 6.07) is 3.70. The van der Waals surface area contributed by atoms with Gasteiger partial charge in [-0.1, -0.05) is 6.07 Å². The highest BCUT2D eigenvalue weighted by atomic mass is 19.1. The predicted octanol–water partition coefficient (Wildman–Crippen LogP) is 1.13. The summed E-state index contributed by atoms with van der Waals surface area (Å²) in [4.78, 5) is 21.5. The van der Waals surface area contributed by atoms with Gasteiger partial charge in [0.05, 0.1) is 0 Å². The van der Waals surface area contributed by atoms with Crippen LogP contribution in [0.1, 0.15) is 17.5 Å². The molecule has 96 valence electrons. The number of hydrogen-bond donors (Lipinski definition) is 2. The second kappa shape index (κ2) is 5.16. The van der Waals surface area contributed by atoms with Gasteiger partial charge in [-0.2, -0.15) is 0 Å². The summed E-state index contributed by atoms with van der Waals surface area (Å²) >= 11 is 0. The topological polar surface area (TPSA) is 66.4 Å². The minimum atomic E-state index is -1.05. The first kappa shape index (κ1) is 12.5. The van der Waals surface area contributed by atoms with Crippen LogP contribution in [0, 0.1) is 11.7 Å². The zero-order chi connectivity index (χ0) is 13.1. The Balaban J connectivity index is 2.19. The third kappa shape index (κ3) is 2.50. The van der Waals surface area contributed by atoms with E-state index in [0.29, 0.717) is 25.7 Å². The molecule has 0 aliphatic heterocycles. The van der Waals surface area contributed by atoms with Crippen LogP contribution in [0.2, 0.25) is 0 Å². The lowest BCUT2D eigenvalue weighted by atomic mass is 9.80. The molecule has 0 fully saturated rings. The van der Waals surface area contributed by atoms with Crippen LogP contribution in [0.15, 0.2) is 18.2 Å². The van der Waals surface area contributed by atoms with Gasteiger partial charge < -0.3 is 10.4 Å². The monoisotopic (exact) mass is 251 g/mol. The Kier molecular flexibility index (Phi) is 3.60. The summed E-state index contributed by atoms with van der Waals surface area (Å²) < 4.78 is 13.1. The minimum Gasteiger partial charge on any atom is -0.480 e. The van der Waals surface area contributed by atoms with Gasteiger partial charge in [0, 0.05) is 0 Å². The SMILES string of the molecule is O=CNC(C(=O)O)C1CCc2ccc(F)cc2C1. The number of benzene rings is 1. The van der Waals surface area contributed by atoms with Gasteiger partial charge in [-0.05, 0) is 48.4 Å². The maximum absolute atomic E-state index is 13.1. The third-order valence-corrected chi connectivity index (χ3v) is 3.42. The van der Waals surface area contributed by atoms with E-state index < -0.39 is 12.0 Å². The number of carboxylic acid groups (broad SMARTS) is 1. The van der Waals surface area contributed by atoms with Gasteiger partial charge >= 0.3 is 5.97 Å². The fraction of sp³-hybridized carbons (Fsp3) is 0.385. The number of aliphatic carboxylic acids is 1. The van der Waals surface area contributed by atoms with Crippen LogP contribution < -0.4 is 5.32 Å². The number of nitrogens with one attached hydrogen (secondary N) is 1. The van der Waals surface area contributed by atoms with Gasteiger partial charge in [0.15, 0.2) is 0 Å². The average Bonchev–Trinajstić information content (AvgIpc) is 2.34. The maximum Gasteiger partial charge on any atom is 0.326 e. The zero-order valence-corrected chi connectivity index (χ0v) is 9.73. The molecular formula is C13H14FNO3. The molecule has 1 aromatic rings. The third-order valence-electron chi connectivity index (χ3n) is 3.42.